The lowest BCUT2D eigenvalue weighted by Crippen LogP contribution is -2.09. The summed E-state index contributed by atoms with van der Waals surface area (Å²) in [6.07, 6.45) is -0.938. The lowest BCUT2D eigenvalue weighted by atomic mass is 9.99. The van der Waals surface area contributed by atoms with Crippen LogP contribution >= 0.6 is 0 Å². The molecule has 3 aromatic rings. The first-order chi connectivity index (χ1) is 11.7. The van der Waals surface area contributed by atoms with Gasteiger partial charge in [-0.3, -0.25) is 4.79 Å². The molecule has 0 saturated carbocycles. The maximum Gasteiger partial charge on any atom is 0.150 e. The van der Waals surface area contributed by atoms with Crippen molar-refractivity contribution >= 4 is 6.29 Å². The number of carbonyl (C=O) groups excluding carboxylic acids is 1. The molecular weight excluding hydrogens is 300 g/mol. The predicted molar refractivity (Wildman–Crippen MR) is 94.6 cm³/mol. The summed E-state index contributed by atoms with van der Waals surface area (Å²) < 4.78 is 0. The van der Waals surface area contributed by atoms with Gasteiger partial charge in [0, 0.05) is 5.56 Å². The predicted octanol–water partition coefficient (Wildman–Crippen LogP) is 3.95. The normalized spacial score (nSPS) is 12.4. The van der Waals surface area contributed by atoms with E-state index in [1.54, 1.807) is 36.4 Å². The van der Waals surface area contributed by atoms with Gasteiger partial charge in [0.15, 0.2) is 0 Å². The zero-order valence-corrected chi connectivity index (χ0v) is 13.2. The van der Waals surface area contributed by atoms with Crippen LogP contribution in [0.15, 0.2) is 91.0 Å². The van der Waals surface area contributed by atoms with Crippen LogP contribution in [0.5, 0.6) is 0 Å². The minimum Gasteiger partial charge on any atom is -0.385 e. The first kappa shape index (κ1) is 17.6. The highest BCUT2D eigenvalue weighted by Gasteiger charge is 2.19. The van der Waals surface area contributed by atoms with E-state index in [0.29, 0.717) is 0 Å². The van der Waals surface area contributed by atoms with Crippen molar-refractivity contribution in [3.8, 4) is 0 Å². The lowest BCUT2D eigenvalue weighted by molar-refractivity contribution is 0.0172. The molecule has 0 aliphatic rings. The standard InChI is InChI=1S/C14H14O2.C7H6O/c15-13(11-7-3-1-4-8-11)14(16)12-9-5-2-6-10-12;8-6-7-4-2-1-3-5-7/h1-10,13-16H;1-6H. The van der Waals surface area contributed by atoms with Crippen molar-refractivity contribution in [2.24, 2.45) is 0 Å². The highest BCUT2D eigenvalue weighted by Crippen LogP contribution is 2.27. The van der Waals surface area contributed by atoms with E-state index in [1.807, 2.05) is 54.6 Å². The Hall–Kier alpha value is -2.75. The average Bonchev–Trinajstić information content (AvgIpc) is 2.69. The number of rotatable bonds is 4. The van der Waals surface area contributed by atoms with Crippen molar-refractivity contribution in [3.63, 3.8) is 0 Å². The van der Waals surface area contributed by atoms with Crippen molar-refractivity contribution in [2.45, 2.75) is 12.2 Å². The number of aliphatic hydroxyl groups is 2. The highest BCUT2D eigenvalue weighted by atomic mass is 16.3. The fourth-order valence-corrected chi connectivity index (χ4v) is 2.20. The third-order valence-electron chi connectivity index (χ3n) is 3.52. The summed E-state index contributed by atoms with van der Waals surface area (Å²) in [5, 5.41) is 20.0. The molecule has 3 heteroatoms. The first-order valence-corrected chi connectivity index (χ1v) is 7.68. The second-order valence-corrected chi connectivity index (χ2v) is 5.24. The summed E-state index contributed by atoms with van der Waals surface area (Å²) in [6.45, 7) is 0. The zero-order valence-electron chi connectivity index (χ0n) is 13.2. The molecule has 0 radical (unpaired) electrons. The van der Waals surface area contributed by atoms with E-state index < -0.39 is 12.2 Å². The number of hydrogen-bond donors (Lipinski definition) is 2. The number of aldehydes is 1. The Morgan fingerprint density at radius 3 is 1.21 bits per heavy atom. The Morgan fingerprint density at radius 2 is 0.917 bits per heavy atom. The van der Waals surface area contributed by atoms with Gasteiger partial charge < -0.3 is 10.2 Å². The largest absolute Gasteiger partial charge is 0.385 e. The quantitative estimate of drug-likeness (QED) is 0.716. The molecule has 3 rings (SSSR count). The van der Waals surface area contributed by atoms with Gasteiger partial charge in [0.1, 0.15) is 18.5 Å². The Labute approximate surface area is 141 Å². The average molecular weight is 320 g/mol. The summed E-state index contributed by atoms with van der Waals surface area (Å²) in [7, 11) is 0. The number of carbonyl (C=O) groups is 1. The van der Waals surface area contributed by atoms with Crippen LogP contribution in [-0.2, 0) is 0 Å². The Bertz CT molecular complexity index is 668. The fraction of sp³-hybridized carbons (Fsp3) is 0.0952. The van der Waals surface area contributed by atoms with Crippen LogP contribution in [0, 0.1) is 0 Å². The Kier molecular flexibility index (Phi) is 6.90. The van der Waals surface area contributed by atoms with Crippen LogP contribution in [0.4, 0.5) is 0 Å². The van der Waals surface area contributed by atoms with Gasteiger partial charge >= 0.3 is 0 Å². The minimum atomic E-state index is -0.886. The smallest absolute Gasteiger partial charge is 0.150 e. The molecule has 0 spiro atoms. The molecule has 3 aromatic carbocycles. The zero-order chi connectivity index (χ0) is 17.2. The fourth-order valence-electron chi connectivity index (χ4n) is 2.20. The van der Waals surface area contributed by atoms with Crippen molar-refractivity contribution in [3.05, 3.63) is 108 Å². The Balaban J connectivity index is 0.000000219. The maximum atomic E-state index is 10.0. The van der Waals surface area contributed by atoms with Gasteiger partial charge in [-0.1, -0.05) is 91.0 Å². The van der Waals surface area contributed by atoms with E-state index in [0.717, 1.165) is 23.0 Å². The minimum absolute atomic E-state index is 0.721. The monoisotopic (exact) mass is 320 g/mol. The molecule has 2 unspecified atom stereocenters. The third kappa shape index (κ3) is 5.16. The van der Waals surface area contributed by atoms with Gasteiger partial charge in [0.05, 0.1) is 0 Å². The topological polar surface area (TPSA) is 57.5 Å². The van der Waals surface area contributed by atoms with E-state index >= 15 is 0 Å². The molecule has 0 fully saturated rings. The van der Waals surface area contributed by atoms with Crippen molar-refractivity contribution in [2.75, 3.05) is 0 Å². The van der Waals surface area contributed by atoms with Gasteiger partial charge in [0.2, 0.25) is 0 Å². The maximum absolute atomic E-state index is 10.0. The van der Waals surface area contributed by atoms with Gasteiger partial charge in [-0.25, -0.2) is 0 Å². The summed E-state index contributed by atoms with van der Waals surface area (Å²) in [5.41, 5.74) is 2.17. The van der Waals surface area contributed by atoms with Crippen molar-refractivity contribution in [1.29, 1.82) is 0 Å². The molecule has 0 saturated heterocycles. The summed E-state index contributed by atoms with van der Waals surface area (Å²) in [6, 6.07) is 27.4. The summed E-state index contributed by atoms with van der Waals surface area (Å²) >= 11 is 0. The number of hydrogen-bond acceptors (Lipinski definition) is 3. The van der Waals surface area contributed by atoms with Crippen molar-refractivity contribution in [1.82, 2.24) is 0 Å². The second kappa shape index (κ2) is 9.40. The first-order valence-electron chi connectivity index (χ1n) is 7.68. The highest BCUT2D eigenvalue weighted by molar-refractivity contribution is 5.74. The number of benzene rings is 3. The van der Waals surface area contributed by atoms with Crippen LogP contribution in [0.3, 0.4) is 0 Å². The third-order valence-corrected chi connectivity index (χ3v) is 3.52. The van der Waals surface area contributed by atoms with Crippen molar-refractivity contribution < 1.29 is 15.0 Å². The molecule has 122 valence electrons. The lowest BCUT2D eigenvalue weighted by Gasteiger charge is -2.18. The van der Waals surface area contributed by atoms with Crippen LogP contribution in [0.25, 0.3) is 0 Å². The SMILES string of the molecule is O=Cc1ccccc1.OC(c1ccccc1)C(O)c1ccccc1. The molecule has 3 nitrogen and oxygen atoms in total. The summed E-state index contributed by atoms with van der Waals surface area (Å²) in [5.74, 6) is 0. The van der Waals surface area contributed by atoms with Crippen LogP contribution in [0.1, 0.15) is 33.7 Å². The molecule has 0 heterocycles. The Morgan fingerprint density at radius 1 is 0.583 bits per heavy atom. The van der Waals surface area contributed by atoms with E-state index in [-0.39, 0.29) is 0 Å². The van der Waals surface area contributed by atoms with Gasteiger partial charge in [0.25, 0.3) is 0 Å². The second-order valence-electron chi connectivity index (χ2n) is 5.24. The van der Waals surface area contributed by atoms with Crippen LogP contribution in [-0.4, -0.2) is 16.5 Å². The molecular formula is C21H20O3. The molecule has 0 aliphatic heterocycles. The van der Waals surface area contributed by atoms with E-state index in [2.05, 4.69) is 0 Å². The molecule has 24 heavy (non-hydrogen) atoms. The van der Waals surface area contributed by atoms with E-state index in [1.165, 1.54) is 0 Å². The molecule has 2 atom stereocenters. The van der Waals surface area contributed by atoms with E-state index in [4.69, 9.17) is 0 Å². The molecule has 0 aromatic heterocycles. The van der Waals surface area contributed by atoms with Gasteiger partial charge in [-0.05, 0) is 11.1 Å². The molecule has 0 bridgehead atoms. The molecule has 0 aliphatic carbocycles. The summed E-state index contributed by atoms with van der Waals surface area (Å²) in [4.78, 5) is 10.0. The van der Waals surface area contributed by atoms with Crippen LogP contribution < -0.4 is 0 Å². The van der Waals surface area contributed by atoms with Crippen LogP contribution in [0.2, 0.25) is 0 Å². The van der Waals surface area contributed by atoms with Gasteiger partial charge in [-0.15, -0.1) is 0 Å². The molecule has 2 N–H and O–H groups in total. The van der Waals surface area contributed by atoms with Gasteiger partial charge in [-0.2, -0.15) is 0 Å². The molecule has 0 amide bonds. The van der Waals surface area contributed by atoms with E-state index in [9.17, 15) is 15.0 Å². The number of aliphatic hydroxyl groups excluding tert-OH is 2.